The molecular formula is C61H117NO4. The summed E-state index contributed by atoms with van der Waals surface area (Å²) in [6.45, 7) is 4.24. The topological polar surface area (TPSA) is 89.8 Å². The van der Waals surface area contributed by atoms with Crippen LogP contribution in [0.2, 0.25) is 0 Å². The van der Waals surface area contributed by atoms with Gasteiger partial charge in [-0.25, -0.2) is 0 Å². The average molecular weight is 929 g/mol. The Morgan fingerprint density at radius 3 is 0.970 bits per heavy atom. The third-order valence-electron chi connectivity index (χ3n) is 13.9. The summed E-state index contributed by atoms with van der Waals surface area (Å²) in [5.74, 6) is -0.321. The molecule has 0 aliphatic rings. The Hall–Kier alpha value is -1.43. The van der Waals surface area contributed by atoms with Crippen LogP contribution in [0.4, 0.5) is 0 Å². The minimum atomic E-state index is -0.953. The van der Waals surface area contributed by atoms with Crippen molar-refractivity contribution in [2.75, 3.05) is 6.61 Å². The maximum absolute atomic E-state index is 12.5. The maximum atomic E-state index is 12.5. The minimum Gasteiger partial charge on any atom is -0.394 e. The molecule has 0 saturated carbocycles. The zero-order valence-electron chi connectivity index (χ0n) is 44.6. The van der Waals surface area contributed by atoms with Gasteiger partial charge in [-0.3, -0.25) is 4.79 Å². The van der Waals surface area contributed by atoms with Crippen LogP contribution >= 0.6 is 0 Å². The summed E-state index contributed by atoms with van der Waals surface area (Å²) in [4.78, 5) is 12.5. The van der Waals surface area contributed by atoms with Crippen molar-refractivity contribution in [2.45, 2.75) is 340 Å². The van der Waals surface area contributed by atoms with Crippen molar-refractivity contribution in [2.24, 2.45) is 0 Å². The van der Waals surface area contributed by atoms with Crippen LogP contribution in [-0.4, -0.2) is 46.1 Å². The van der Waals surface area contributed by atoms with Crippen LogP contribution in [0.25, 0.3) is 0 Å². The molecule has 3 unspecified atom stereocenters. The molecule has 66 heavy (non-hydrogen) atoms. The third kappa shape index (κ3) is 52.0. The van der Waals surface area contributed by atoms with E-state index in [-0.39, 0.29) is 18.9 Å². The lowest BCUT2D eigenvalue weighted by Crippen LogP contribution is -2.45. The number of aliphatic hydroxyl groups excluding tert-OH is 3. The van der Waals surface area contributed by atoms with E-state index in [1.54, 1.807) is 6.08 Å². The van der Waals surface area contributed by atoms with E-state index in [1.165, 1.54) is 263 Å². The van der Waals surface area contributed by atoms with Crippen molar-refractivity contribution in [3.05, 3.63) is 36.5 Å². The second-order valence-electron chi connectivity index (χ2n) is 20.6. The maximum Gasteiger partial charge on any atom is 0.222 e. The predicted molar refractivity (Wildman–Crippen MR) is 291 cm³/mol. The lowest BCUT2D eigenvalue weighted by atomic mass is 10.0. The summed E-state index contributed by atoms with van der Waals surface area (Å²) in [5, 5.41) is 33.5. The summed E-state index contributed by atoms with van der Waals surface area (Å²) < 4.78 is 0. The van der Waals surface area contributed by atoms with Gasteiger partial charge in [0.15, 0.2) is 0 Å². The molecule has 0 fully saturated rings. The summed E-state index contributed by atoms with van der Waals surface area (Å²) >= 11 is 0. The molecule has 5 heteroatoms. The van der Waals surface area contributed by atoms with Crippen molar-refractivity contribution in [1.29, 1.82) is 0 Å². The first-order valence-electron chi connectivity index (χ1n) is 29.8. The van der Waals surface area contributed by atoms with Crippen molar-refractivity contribution in [3.63, 3.8) is 0 Å². The van der Waals surface area contributed by atoms with Crippen LogP contribution in [0.3, 0.4) is 0 Å². The molecule has 0 rings (SSSR count). The number of hydrogen-bond acceptors (Lipinski definition) is 4. The minimum absolute atomic E-state index is 0.00691. The first kappa shape index (κ1) is 64.6. The number of carbonyl (C=O) groups excluding carboxylic acids is 1. The van der Waals surface area contributed by atoms with Gasteiger partial charge < -0.3 is 20.6 Å². The normalized spacial score (nSPS) is 13.5. The van der Waals surface area contributed by atoms with Gasteiger partial charge in [0.05, 0.1) is 31.3 Å². The van der Waals surface area contributed by atoms with E-state index in [2.05, 4.69) is 43.5 Å². The van der Waals surface area contributed by atoms with Crippen LogP contribution in [0, 0.1) is 0 Å². The zero-order valence-corrected chi connectivity index (χ0v) is 44.6. The number of nitrogens with one attached hydrogen (secondary N) is 1. The molecule has 5 nitrogen and oxygen atoms in total. The van der Waals surface area contributed by atoms with Gasteiger partial charge in [-0.1, -0.05) is 294 Å². The van der Waals surface area contributed by atoms with Crippen molar-refractivity contribution < 1.29 is 20.1 Å². The summed E-state index contributed by atoms with van der Waals surface area (Å²) in [6.07, 6.45) is 73.5. The van der Waals surface area contributed by atoms with Crippen LogP contribution in [0.15, 0.2) is 36.5 Å². The highest BCUT2D eigenvalue weighted by molar-refractivity contribution is 5.76. The van der Waals surface area contributed by atoms with Gasteiger partial charge in [-0.15, -0.1) is 0 Å². The molecular weight excluding hydrogens is 811 g/mol. The van der Waals surface area contributed by atoms with E-state index in [0.717, 1.165) is 32.1 Å². The molecule has 0 aromatic heterocycles. The van der Waals surface area contributed by atoms with Crippen LogP contribution in [0.5, 0.6) is 0 Å². The number of unbranched alkanes of at least 4 members (excludes halogenated alkanes) is 42. The number of rotatable bonds is 55. The summed E-state index contributed by atoms with van der Waals surface area (Å²) in [6, 6.07) is -0.762. The van der Waals surface area contributed by atoms with Gasteiger partial charge in [0.25, 0.3) is 0 Å². The Bertz CT molecular complexity index is 1020. The number of allylic oxidation sites excluding steroid dienone is 5. The van der Waals surface area contributed by atoms with Gasteiger partial charge in [0.2, 0.25) is 5.91 Å². The fourth-order valence-electron chi connectivity index (χ4n) is 9.35. The zero-order chi connectivity index (χ0) is 47.9. The fourth-order valence-corrected chi connectivity index (χ4v) is 9.35. The molecule has 0 aliphatic carbocycles. The van der Waals surface area contributed by atoms with Crippen LogP contribution < -0.4 is 5.32 Å². The second kappa shape index (κ2) is 56.2. The smallest absolute Gasteiger partial charge is 0.222 e. The van der Waals surface area contributed by atoms with E-state index in [0.29, 0.717) is 6.42 Å². The molecule has 0 aromatic rings. The Morgan fingerprint density at radius 2 is 0.652 bits per heavy atom. The van der Waals surface area contributed by atoms with Gasteiger partial charge in [0.1, 0.15) is 0 Å². The highest BCUT2D eigenvalue weighted by atomic mass is 16.3. The summed E-state index contributed by atoms with van der Waals surface area (Å²) in [7, 11) is 0. The van der Waals surface area contributed by atoms with Crippen molar-refractivity contribution in [3.8, 4) is 0 Å². The van der Waals surface area contributed by atoms with Crippen LogP contribution in [-0.2, 0) is 4.79 Å². The summed E-state index contributed by atoms with van der Waals surface area (Å²) in [5.41, 5.74) is 0. The van der Waals surface area contributed by atoms with E-state index in [1.807, 2.05) is 6.08 Å². The molecule has 3 atom stereocenters. The number of hydrogen-bond donors (Lipinski definition) is 4. The first-order valence-corrected chi connectivity index (χ1v) is 29.8. The number of aliphatic hydroxyl groups is 3. The Balaban J connectivity index is 3.58. The Labute approximate surface area is 413 Å². The standard InChI is InChI=1S/C61H117NO4/c1-3-5-7-9-11-13-15-17-19-21-23-25-27-29-30-31-32-34-36-38-40-42-44-46-48-50-52-54-58(64)56-61(66)62-59(57-63)60(65)55-53-51-49-47-45-43-41-39-37-35-33-28-26-24-22-20-18-16-14-12-10-8-6-4-2/h29-30,45,47,53,55,58-60,63-65H,3-28,31-44,46,48-52,54,56-57H2,1-2H3,(H,62,66)/b30-29-,47-45+,55-53+. The molecule has 0 spiro atoms. The molecule has 0 heterocycles. The fraction of sp³-hybridized carbons (Fsp3) is 0.885. The molecule has 0 radical (unpaired) electrons. The molecule has 0 bridgehead atoms. The van der Waals surface area contributed by atoms with E-state index in [9.17, 15) is 20.1 Å². The molecule has 0 aromatic carbocycles. The largest absolute Gasteiger partial charge is 0.394 e. The average Bonchev–Trinajstić information content (AvgIpc) is 3.31. The number of carbonyl (C=O) groups is 1. The lowest BCUT2D eigenvalue weighted by Gasteiger charge is -2.21. The van der Waals surface area contributed by atoms with E-state index >= 15 is 0 Å². The van der Waals surface area contributed by atoms with Crippen LogP contribution in [0.1, 0.15) is 322 Å². The quantitative estimate of drug-likeness (QED) is 0.0361. The van der Waals surface area contributed by atoms with Gasteiger partial charge in [-0.2, -0.15) is 0 Å². The molecule has 390 valence electrons. The molecule has 4 N–H and O–H groups in total. The number of amides is 1. The Morgan fingerprint density at radius 1 is 0.379 bits per heavy atom. The van der Waals surface area contributed by atoms with Gasteiger partial charge in [0, 0.05) is 0 Å². The lowest BCUT2D eigenvalue weighted by molar-refractivity contribution is -0.124. The SMILES string of the molecule is CCCCCCCCCCCCCC/C=C\CCCCCCCCCCCCCC(O)CC(=O)NC(CO)C(O)/C=C/CC/C=C/CCCCCCCCCCCCCCCCCCCC. The van der Waals surface area contributed by atoms with Gasteiger partial charge in [-0.05, 0) is 57.8 Å². The molecule has 0 saturated heterocycles. The first-order chi connectivity index (χ1) is 32.5. The van der Waals surface area contributed by atoms with E-state index < -0.39 is 18.2 Å². The van der Waals surface area contributed by atoms with E-state index in [4.69, 9.17) is 0 Å². The van der Waals surface area contributed by atoms with Crippen molar-refractivity contribution >= 4 is 5.91 Å². The second-order valence-corrected chi connectivity index (χ2v) is 20.6. The Kier molecular flexibility index (Phi) is 54.9. The highest BCUT2D eigenvalue weighted by Gasteiger charge is 2.20. The third-order valence-corrected chi connectivity index (χ3v) is 13.9. The predicted octanol–water partition coefficient (Wildman–Crippen LogP) is 18.6. The molecule has 0 aliphatic heterocycles. The van der Waals surface area contributed by atoms with Crippen molar-refractivity contribution in [1.82, 2.24) is 5.32 Å². The highest BCUT2D eigenvalue weighted by Crippen LogP contribution is 2.17. The monoisotopic (exact) mass is 928 g/mol. The van der Waals surface area contributed by atoms with Gasteiger partial charge >= 0.3 is 0 Å². The molecule has 1 amide bonds.